The van der Waals surface area contributed by atoms with E-state index in [1.54, 1.807) is 49.4 Å². The molecule has 1 aliphatic rings. The molecule has 1 amide bonds. The summed E-state index contributed by atoms with van der Waals surface area (Å²) in [4.78, 5) is 26.7. The van der Waals surface area contributed by atoms with Gasteiger partial charge in [-0.3, -0.25) is 9.10 Å². The smallest absolute Gasteiger partial charge is 0.341 e. The maximum Gasteiger partial charge on any atom is 0.341 e. The summed E-state index contributed by atoms with van der Waals surface area (Å²) in [7, 11) is -2.24. The molecule has 1 heterocycles. The minimum atomic E-state index is -3.71. The number of rotatable bonds is 7. The number of carbonyl (C=O) groups is 2. The lowest BCUT2D eigenvalue weighted by molar-refractivity contribution is 0.0527. The number of esters is 1. The number of nitrogens with one attached hydrogen (secondary N) is 1. The van der Waals surface area contributed by atoms with Crippen molar-refractivity contribution in [2.75, 3.05) is 23.3 Å². The molecule has 0 radical (unpaired) electrons. The first kappa shape index (κ1) is 23.0. The van der Waals surface area contributed by atoms with Crippen LogP contribution in [0.5, 0.6) is 0 Å². The van der Waals surface area contributed by atoms with Crippen molar-refractivity contribution in [3.63, 3.8) is 0 Å². The number of anilines is 2. The van der Waals surface area contributed by atoms with E-state index >= 15 is 0 Å². The van der Waals surface area contributed by atoms with Gasteiger partial charge in [-0.15, -0.1) is 11.3 Å². The second kappa shape index (κ2) is 9.36. The van der Waals surface area contributed by atoms with E-state index in [2.05, 4.69) is 5.32 Å². The van der Waals surface area contributed by atoms with Crippen molar-refractivity contribution in [1.29, 1.82) is 0 Å². The van der Waals surface area contributed by atoms with Gasteiger partial charge < -0.3 is 10.1 Å². The van der Waals surface area contributed by atoms with E-state index in [9.17, 15) is 18.0 Å². The molecule has 0 aliphatic heterocycles. The largest absolute Gasteiger partial charge is 0.462 e. The third kappa shape index (κ3) is 4.51. The second-order valence-corrected chi connectivity index (χ2v) is 10.6. The summed E-state index contributed by atoms with van der Waals surface area (Å²) in [6, 6.07) is 14.4. The Labute approximate surface area is 197 Å². The minimum Gasteiger partial charge on any atom is -0.462 e. The van der Waals surface area contributed by atoms with Crippen LogP contribution in [0.3, 0.4) is 0 Å². The van der Waals surface area contributed by atoms with Gasteiger partial charge in [0.2, 0.25) is 0 Å². The molecule has 0 saturated carbocycles. The van der Waals surface area contributed by atoms with Crippen molar-refractivity contribution in [3.05, 3.63) is 76.2 Å². The van der Waals surface area contributed by atoms with Crippen LogP contribution in [-0.2, 0) is 27.6 Å². The van der Waals surface area contributed by atoms with E-state index in [1.165, 1.54) is 34.8 Å². The van der Waals surface area contributed by atoms with Crippen LogP contribution < -0.4 is 9.62 Å². The summed E-state index contributed by atoms with van der Waals surface area (Å²) in [5, 5.41) is 3.34. The molecule has 0 atom stereocenters. The Morgan fingerprint density at radius 1 is 1.06 bits per heavy atom. The van der Waals surface area contributed by atoms with E-state index in [0.717, 1.165) is 29.7 Å². The number of aryl methyl sites for hydroxylation is 1. The van der Waals surface area contributed by atoms with Gasteiger partial charge in [0.15, 0.2) is 0 Å². The molecule has 33 heavy (non-hydrogen) atoms. The molecule has 172 valence electrons. The van der Waals surface area contributed by atoms with Crippen LogP contribution in [0, 0.1) is 0 Å². The summed E-state index contributed by atoms with van der Waals surface area (Å²) in [6.45, 7) is 2.01. The van der Waals surface area contributed by atoms with Crippen LogP contribution in [0.2, 0.25) is 0 Å². The van der Waals surface area contributed by atoms with Crippen LogP contribution >= 0.6 is 11.3 Å². The molecule has 0 spiro atoms. The van der Waals surface area contributed by atoms with Crippen molar-refractivity contribution in [1.82, 2.24) is 0 Å². The molecule has 4 rings (SSSR count). The Hall–Kier alpha value is -3.17. The number of ether oxygens (including phenoxy) is 1. The summed E-state index contributed by atoms with van der Waals surface area (Å²) in [5.41, 5.74) is 2.20. The number of carbonyl (C=O) groups excluding carboxylic acids is 2. The summed E-state index contributed by atoms with van der Waals surface area (Å²) >= 11 is 1.41. The number of hydrogen-bond acceptors (Lipinski definition) is 6. The maximum absolute atomic E-state index is 12.9. The molecule has 1 N–H and O–H groups in total. The highest BCUT2D eigenvalue weighted by molar-refractivity contribution is 7.92. The molecule has 3 aromatic rings. The fourth-order valence-electron chi connectivity index (χ4n) is 3.80. The number of benzene rings is 2. The minimum absolute atomic E-state index is 0.187. The van der Waals surface area contributed by atoms with Crippen molar-refractivity contribution in [3.8, 4) is 0 Å². The highest BCUT2D eigenvalue weighted by Gasteiger charge is 2.28. The van der Waals surface area contributed by atoms with Gasteiger partial charge in [0, 0.05) is 17.5 Å². The molecule has 9 heteroatoms. The Kier molecular flexibility index (Phi) is 6.53. The Morgan fingerprint density at radius 3 is 2.42 bits per heavy atom. The van der Waals surface area contributed by atoms with Gasteiger partial charge in [0.05, 0.1) is 22.8 Å². The number of amides is 1. The van der Waals surface area contributed by atoms with Gasteiger partial charge in [-0.2, -0.15) is 0 Å². The predicted molar refractivity (Wildman–Crippen MR) is 129 cm³/mol. The van der Waals surface area contributed by atoms with E-state index in [1.807, 2.05) is 0 Å². The summed E-state index contributed by atoms with van der Waals surface area (Å²) in [6.07, 6.45) is 2.68. The van der Waals surface area contributed by atoms with Crippen molar-refractivity contribution in [2.24, 2.45) is 0 Å². The normalized spacial score (nSPS) is 12.8. The lowest BCUT2D eigenvalue weighted by Gasteiger charge is -2.19. The van der Waals surface area contributed by atoms with E-state index < -0.39 is 16.0 Å². The number of sulfonamides is 1. The average molecular weight is 485 g/mol. The zero-order chi connectivity index (χ0) is 23.6. The number of thiophene rings is 1. The molecule has 0 fully saturated rings. The quantitative estimate of drug-likeness (QED) is 0.499. The molecule has 2 aromatic carbocycles. The van der Waals surface area contributed by atoms with Gasteiger partial charge in [0.25, 0.3) is 15.9 Å². The van der Waals surface area contributed by atoms with Crippen LogP contribution in [0.4, 0.5) is 10.7 Å². The fraction of sp³-hybridized carbons (Fsp3) is 0.250. The first-order valence-corrected chi connectivity index (χ1v) is 12.9. The third-order valence-electron chi connectivity index (χ3n) is 5.52. The summed E-state index contributed by atoms with van der Waals surface area (Å²) in [5.74, 6) is -0.795. The molecule has 7 nitrogen and oxygen atoms in total. The lowest BCUT2D eigenvalue weighted by Crippen LogP contribution is -2.26. The van der Waals surface area contributed by atoms with Crippen molar-refractivity contribution in [2.45, 2.75) is 31.1 Å². The Morgan fingerprint density at radius 2 is 1.76 bits per heavy atom. The van der Waals surface area contributed by atoms with Crippen LogP contribution in [0.1, 0.15) is 44.5 Å². The van der Waals surface area contributed by atoms with Gasteiger partial charge in [-0.25, -0.2) is 13.2 Å². The zero-order valence-electron chi connectivity index (χ0n) is 18.3. The van der Waals surface area contributed by atoms with Crippen molar-refractivity contribution >= 4 is 43.9 Å². The van der Waals surface area contributed by atoms with Crippen molar-refractivity contribution < 1.29 is 22.7 Å². The lowest BCUT2D eigenvalue weighted by atomic mass is 10.1. The maximum atomic E-state index is 12.9. The molecule has 1 aliphatic carbocycles. The van der Waals surface area contributed by atoms with Crippen LogP contribution in [-0.4, -0.2) is 33.9 Å². The Balaban J connectivity index is 1.54. The van der Waals surface area contributed by atoms with Crippen LogP contribution in [0.15, 0.2) is 59.5 Å². The second-order valence-electron chi connectivity index (χ2n) is 7.57. The molecule has 0 unspecified atom stereocenters. The van der Waals surface area contributed by atoms with E-state index in [0.29, 0.717) is 21.8 Å². The highest BCUT2D eigenvalue weighted by atomic mass is 32.2. The monoisotopic (exact) mass is 484 g/mol. The highest BCUT2D eigenvalue weighted by Crippen LogP contribution is 2.39. The zero-order valence-corrected chi connectivity index (χ0v) is 20.0. The molecule has 0 bridgehead atoms. The fourth-order valence-corrected chi connectivity index (χ4v) is 6.29. The SMILES string of the molecule is CCOC(=O)c1c(NC(=O)c2ccc(N(C)S(=O)(=O)c3ccccc3)cc2)sc2c1CCC2. The molecule has 1 aromatic heterocycles. The first-order chi connectivity index (χ1) is 15.8. The number of hydrogen-bond donors (Lipinski definition) is 1. The van der Waals surface area contributed by atoms with Gasteiger partial charge in [-0.05, 0) is 68.1 Å². The molecular formula is C24H24N2O5S2. The van der Waals surface area contributed by atoms with E-state index in [4.69, 9.17) is 4.74 Å². The van der Waals surface area contributed by atoms with Gasteiger partial charge >= 0.3 is 5.97 Å². The third-order valence-corrected chi connectivity index (χ3v) is 8.53. The standard InChI is InChI=1S/C24H24N2O5S2/c1-3-31-24(28)21-19-10-7-11-20(19)32-23(21)25-22(27)16-12-14-17(15-13-16)26(2)33(29,30)18-8-5-4-6-9-18/h4-6,8-9,12-15H,3,7,10-11H2,1-2H3,(H,25,27). The Bertz CT molecular complexity index is 1280. The predicted octanol–water partition coefficient (Wildman–Crippen LogP) is 4.49. The molecule has 0 saturated heterocycles. The van der Waals surface area contributed by atoms with Gasteiger partial charge in [-0.1, -0.05) is 18.2 Å². The summed E-state index contributed by atoms with van der Waals surface area (Å²) < 4.78 is 32.0. The van der Waals surface area contributed by atoms with E-state index in [-0.39, 0.29) is 17.4 Å². The number of fused-ring (bicyclic) bond motifs is 1. The average Bonchev–Trinajstić information content (AvgIpc) is 3.40. The van der Waals surface area contributed by atoms with Crippen LogP contribution in [0.25, 0.3) is 0 Å². The number of nitrogens with zero attached hydrogens (tertiary/aromatic N) is 1. The van der Waals surface area contributed by atoms with Gasteiger partial charge in [0.1, 0.15) is 5.00 Å². The first-order valence-electron chi connectivity index (χ1n) is 10.6. The topological polar surface area (TPSA) is 92.8 Å². The molecular weight excluding hydrogens is 460 g/mol.